The van der Waals surface area contributed by atoms with Gasteiger partial charge in [-0.2, -0.15) is 5.10 Å². The van der Waals surface area contributed by atoms with Crippen LogP contribution in [0.5, 0.6) is 0 Å². The third-order valence-corrected chi connectivity index (χ3v) is 6.17. The van der Waals surface area contributed by atoms with Gasteiger partial charge >= 0.3 is 0 Å². The van der Waals surface area contributed by atoms with Crippen molar-refractivity contribution in [1.29, 1.82) is 0 Å². The van der Waals surface area contributed by atoms with E-state index < -0.39 is 0 Å². The predicted molar refractivity (Wildman–Crippen MR) is 142 cm³/mol. The van der Waals surface area contributed by atoms with Gasteiger partial charge in [-0.1, -0.05) is 30.9 Å². The van der Waals surface area contributed by atoms with Gasteiger partial charge in [-0.3, -0.25) is 10.1 Å². The van der Waals surface area contributed by atoms with Crippen LogP contribution in [0.2, 0.25) is 0 Å². The number of aromatic amines is 2. The van der Waals surface area contributed by atoms with E-state index in [0.717, 1.165) is 61.2 Å². The highest BCUT2D eigenvalue weighted by Gasteiger charge is 2.15. The van der Waals surface area contributed by atoms with Crippen LogP contribution in [0.1, 0.15) is 12.5 Å². The maximum atomic E-state index is 13.9. The first-order valence-electron chi connectivity index (χ1n) is 11.4. The van der Waals surface area contributed by atoms with E-state index in [9.17, 15) is 4.39 Å². The second-order valence-corrected chi connectivity index (χ2v) is 8.59. The smallest absolute Gasteiger partial charge is 0.123 e. The van der Waals surface area contributed by atoms with Gasteiger partial charge < -0.3 is 9.88 Å². The van der Waals surface area contributed by atoms with Gasteiger partial charge in [-0.15, -0.1) is 0 Å². The number of halogens is 1. The predicted octanol–water partition coefficient (Wildman–Crippen LogP) is 6.95. The Morgan fingerprint density at radius 3 is 2.63 bits per heavy atom. The molecule has 35 heavy (non-hydrogen) atoms. The minimum absolute atomic E-state index is 0.274. The topological polar surface area (TPSA) is 60.6 Å². The molecule has 0 spiro atoms. The molecular formula is C29H26FN5. The molecule has 0 aliphatic heterocycles. The van der Waals surface area contributed by atoms with Gasteiger partial charge in [0.15, 0.2) is 0 Å². The zero-order chi connectivity index (χ0) is 24.5. The van der Waals surface area contributed by atoms with Crippen molar-refractivity contribution in [2.75, 3.05) is 14.1 Å². The normalized spacial score (nSPS) is 12.5. The van der Waals surface area contributed by atoms with Gasteiger partial charge in [0, 0.05) is 42.3 Å². The quantitative estimate of drug-likeness (QED) is 0.268. The van der Waals surface area contributed by atoms with Crippen LogP contribution in [0, 0.1) is 5.82 Å². The Morgan fingerprint density at radius 1 is 1.03 bits per heavy atom. The summed E-state index contributed by atoms with van der Waals surface area (Å²) in [5.74, 6) is -0.274. The zero-order valence-electron chi connectivity index (χ0n) is 19.9. The van der Waals surface area contributed by atoms with Gasteiger partial charge in [-0.05, 0) is 66.1 Å². The standard InChI is InChI=1S/C29H26FN5/c1-5-18(13-22(6-2)35(3)4)19-10-11-26-24(14-19)29(34-33-26)27-15-23-25(16-31-17-28(23)32-27)20-8-7-9-21(30)12-20/h5-17,32H,2H2,1,3-4H3,(H,33,34)/b18-5+,22-13+. The highest BCUT2D eigenvalue weighted by Crippen LogP contribution is 2.34. The van der Waals surface area contributed by atoms with Crippen molar-refractivity contribution in [3.63, 3.8) is 0 Å². The van der Waals surface area contributed by atoms with Crippen LogP contribution in [-0.4, -0.2) is 39.2 Å². The molecule has 0 atom stereocenters. The molecule has 2 N–H and O–H groups in total. The summed E-state index contributed by atoms with van der Waals surface area (Å²) in [5, 5.41) is 9.73. The fourth-order valence-electron chi connectivity index (χ4n) is 4.33. The van der Waals surface area contributed by atoms with Crippen molar-refractivity contribution in [1.82, 2.24) is 25.1 Å². The van der Waals surface area contributed by atoms with Crippen molar-refractivity contribution >= 4 is 27.4 Å². The third-order valence-electron chi connectivity index (χ3n) is 6.17. The van der Waals surface area contributed by atoms with E-state index in [1.165, 1.54) is 12.1 Å². The van der Waals surface area contributed by atoms with Gasteiger partial charge in [0.25, 0.3) is 0 Å². The van der Waals surface area contributed by atoms with Gasteiger partial charge in [-0.25, -0.2) is 4.39 Å². The van der Waals surface area contributed by atoms with E-state index >= 15 is 0 Å². The lowest BCUT2D eigenvalue weighted by Gasteiger charge is -2.14. The average molecular weight is 464 g/mol. The first-order chi connectivity index (χ1) is 17.0. The minimum Gasteiger partial charge on any atom is -0.378 e. The molecule has 2 aromatic carbocycles. The first-order valence-corrected chi connectivity index (χ1v) is 11.4. The van der Waals surface area contributed by atoms with Crippen molar-refractivity contribution < 1.29 is 4.39 Å². The summed E-state index contributed by atoms with van der Waals surface area (Å²) in [6, 6.07) is 14.9. The lowest BCUT2D eigenvalue weighted by Crippen LogP contribution is -2.09. The Balaban J connectivity index is 1.62. The number of benzene rings is 2. The summed E-state index contributed by atoms with van der Waals surface area (Å²) < 4.78 is 13.9. The zero-order valence-corrected chi connectivity index (χ0v) is 19.9. The molecule has 0 saturated heterocycles. The Kier molecular flexibility index (Phi) is 5.79. The summed E-state index contributed by atoms with van der Waals surface area (Å²) in [6.07, 6.45) is 9.60. The largest absolute Gasteiger partial charge is 0.378 e. The van der Waals surface area contributed by atoms with Crippen LogP contribution < -0.4 is 0 Å². The van der Waals surface area contributed by atoms with Gasteiger partial charge in [0.05, 0.1) is 22.9 Å². The number of pyridine rings is 1. The van der Waals surface area contributed by atoms with Crippen LogP contribution in [0.25, 0.3) is 49.9 Å². The lowest BCUT2D eigenvalue weighted by atomic mass is 10.0. The molecule has 174 valence electrons. The lowest BCUT2D eigenvalue weighted by molar-refractivity contribution is 0.530. The molecule has 3 heterocycles. The molecule has 0 aliphatic rings. The molecule has 0 radical (unpaired) electrons. The summed E-state index contributed by atoms with van der Waals surface area (Å²) in [6.45, 7) is 5.96. The van der Waals surface area contributed by atoms with Gasteiger partial charge in [0.1, 0.15) is 11.5 Å². The first kappa shape index (κ1) is 22.3. The van der Waals surface area contributed by atoms with Crippen molar-refractivity contribution in [3.05, 3.63) is 103 Å². The fraction of sp³-hybridized carbons (Fsp3) is 0.103. The Bertz CT molecular complexity index is 1620. The number of fused-ring (bicyclic) bond motifs is 2. The highest BCUT2D eigenvalue weighted by molar-refractivity contribution is 6.01. The number of hydrogen-bond donors (Lipinski definition) is 2. The average Bonchev–Trinajstić information content (AvgIpc) is 3.48. The number of nitrogens with zero attached hydrogens (tertiary/aromatic N) is 3. The van der Waals surface area contributed by atoms with E-state index in [1.807, 2.05) is 44.1 Å². The van der Waals surface area contributed by atoms with Crippen molar-refractivity contribution in [3.8, 4) is 22.5 Å². The molecule has 3 aromatic heterocycles. The monoisotopic (exact) mass is 463 g/mol. The fourth-order valence-corrected chi connectivity index (χ4v) is 4.33. The van der Waals surface area contributed by atoms with Crippen LogP contribution in [-0.2, 0) is 0 Å². The summed E-state index contributed by atoms with van der Waals surface area (Å²) in [4.78, 5) is 9.85. The van der Waals surface area contributed by atoms with Crippen molar-refractivity contribution in [2.45, 2.75) is 6.92 Å². The molecule has 6 heteroatoms. The molecule has 0 bridgehead atoms. The third kappa shape index (κ3) is 4.15. The number of H-pyrrole nitrogens is 2. The SMILES string of the molecule is C=C/C(=C\C(=C/C)c1ccc2[nH]nc(-c3cc4c(-c5cccc(F)c5)cncc4[nH]3)c2c1)N(C)C. The molecule has 0 fully saturated rings. The van der Waals surface area contributed by atoms with Crippen LogP contribution in [0.15, 0.2) is 91.4 Å². The Labute approximate surface area is 203 Å². The number of rotatable bonds is 6. The number of hydrogen-bond acceptors (Lipinski definition) is 3. The molecule has 0 amide bonds. The van der Waals surface area contributed by atoms with Gasteiger partial charge in [0.2, 0.25) is 0 Å². The number of allylic oxidation sites excluding steroid dienone is 4. The van der Waals surface area contributed by atoms with E-state index in [4.69, 9.17) is 0 Å². The summed E-state index contributed by atoms with van der Waals surface area (Å²) in [7, 11) is 4.00. The summed E-state index contributed by atoms with van der Waals surface area (Å²) in [5.41, 5.74) is 8.36. The van der Waals surface area contributed by atoms with Crippen LogP contribution in [0.3, 0.4) is 0 Å². The molecule has 0 unspecified atom stereocenters. The molecule has 0 saturated carbocycles. The molecular weight excluding hydrogens is 437 g/mol. The van der Waals surface area contributed by atoms with Crippen molar-refractivity contribution in [2.24, 2.45) is 0 Å². The number of likely N-dealkylation sites (N-methyl/N-ethyl adjacent to an activating group) is 1. The second-order valence-electron chi connectivity index (χ2n) is 8.59. The Hall–Kier alpha value is -4.45. The molecule has 5 rings (SSSR count). The number of aromatic nitrogens is 4. The Morgan fingerprint density at radius 2 is 1.89 bits per heavy atom. The van der Waals surface area contributed by atoms with E-state index in [2.05, 4.69) is 57.1 Å². The number of nitrogens with one attached hydrogen (secondary N) is 2. The van der Waals surface area contributed by atoms with Crippen LogP contribution >= 0.6 is 0 Å². The van der Waals surface area contributed by atoms with E-state index in [1.54, 1.807) is 18.5 Å². The molecule has 5 nitrogen and oxygen atoms in total. The minimum atomic E-state index is -0.274. The maximum Gasteiger partial charge on any atom is 0.123 e. The van der Waals surface area contributed by atoms with Crippen LogP contribution in [0.4, 0.5) is 4.39 Å². The maximum absolute atomic E-state index is 13.9. The van der Waals surface area contributed by atoms with E-state index in [-0.39, 0.29) is 5.82 Å². The summed E-state index contributed by atoms with van der Waals surface area (Å²) >= 11 is 0. The highest BCUT2D eigenvalue weighted by atomic mass is 19.1. The molecule has 0 aliphatic carbocycles. The molecule has 5 aromatic rings. The van der Waals surface area contributed by atoms with E-state index in [0.29, 0.717) is 0 Å². The second kappa shape index (κ2) is 9.06.